The fraction of sp³-hybridized carbons (Fsp3) is 0.222. The first kappa shape index (κ1) is 11.2. The first-order chi connectivity index (χ1) is 7.13. The predicted molar refractivity (Wildman–Crippen MR) is 47.2 cm³/mol. The van der Waals surface area contributed by atoms with Crippen LogP contribution in [-0.4, -0.2) is 11.3 Å². The van der Waals surface area contributed by atoms with Crippen LogP contribution in [-0.2, 0) is 6.54 Å². The lowest BCUT2D eigenvalue weighted by Crippen LogP contribution is -2.09. The van der Waals surface area contributed by atoms with Gasteiger partial charge in [0.15, 0.2) is 6.29 Å². The van der Waals surface area contributed by atoms with Gasteiger partial charge >= 0.3 is 0 Å². The molecule has 0 aliphatic heterocycles. The molecular weight excluding hydrogens is 204 g/mol. The summed E-state index contributed by atoms with van der Waals surface area (Å²) in [5, 5.41) is 8.52. The van der Waals surface area contributed by atoms with Crippen molar-refractivity contribution in [1.82, 2.24) is 4.98 Å². The number of carbonyl (C=O) groups is 1. The van der Waals surface area contributed by atoms with Crippen LogP contribution < -0.4 is 5.73 Å². The number of carbonyl (C=O) groups excluding carboxylic acids is 1. The van der Waals surface area contributed by atoms with Crippen molar-refractivity contribution in [2.75, 3.05) is 0 Å². The highest BCUT2D eigenvalue weighted by Crippen LogP contribution is 2.24. The van der Waals surface area contributed by atoms with E-state index in [1.165, 1.54) is 0 Å². The summed E-state index contributed by atoms with van der Waals surface area (Å²) in [6, 6.07) is 2.55. The number of aromatic nitrogens is 1. The molecule has 1 heterocycles. The number of halogens is 2. The first-order valence-corrected chi connectivity index (χ1v) is 4.01. The molecule has 4 nitrogen and oxygen atoms in total. The first-order valence-electron chi connectivity index (χ1n) is 4.01. The molecular formula is C9H7F2N3O. The number of nitrogens with zero attached hydrogens (tertiary/aromatic N) is 2. The third-order valence-corrected chi connectivity index (χ3v) is 1.86. The number of nitriles is 1. The van der Waals surface area contributed by atoms with Gasteiger partial charge in [-0.1, -0.05) is 0 Å². The number of hydrogen-bond donors (Lipinski definition) is 1. The molecule has 6 heteroatoms. The molecule has 0 bridgehead atoms. The summed E-state index contributed by atoms with van der Waals surface area (Å²) in [5.41, 5.74) is 4.40. The molecule has 0 amide bonds. The Morgan fingerprint density at radius 2 is 2.33 bits per heavy atom. The van der Waals surface area contributed by atoms with Gasteiger partial charge in [-0.15, -0.1) is 0 Å². The van der Waals surface area contributed by atoms with Gasteiger partial charge in [0.2, 0.25) is 0 Å². The summed E-state index contributed by atoms with van der Waals surface area (Å²) in [6.07, 6.45) is -2.47. The van der Waals surface area contributed by atoms with Crippen molar-refractivity contribution in [3.8, 4) is 6.07 Å². The molecule has 0 atom stereocenters. The Bertz CT molecular complexity index is 426. The second-order valence-electron chi connectivity index (χ2n) is 2.69. The van der Waals surface area contributed by atoms with E-state index in [-0.39, 0.29) is 23.5 Å². The number of hydrogen-bond acceptors (Lipinski definition) is 4. The second-order valence-corrected chi connectivity index (χ2v) is 2.69. The van der Waals surface area contributed by atoms with E-state index in [0.29, 0.717) is 6.29 Å². The van der Waals surface area contributed by atoms with Crippen LogP contribution in [0.5, 0.6) is 0 Å². The predicted octanol–water partition coefficient (Wildman–Crippen LogP) is 1.16. The van der Waals surface area contributed by atoms with E-state index in [9.17, 15) is 13.6 Å². The highest BCUT2D eigenvalue weighted by atomic mass is 19.3. The minimum atomic E-state index is -2.78. The molecule has 1 aromatic heterocycles. The van der Waals surface area contributed by atoms with Crippen LogP contribution in [0.15, 0.2) is 6.07 Å². The fourth-order valence-electron chi connectivity index (χ4n) is 1.18. The van der Waals surface area contributed by atoms with Crippen molar-refractivity contribution in [1.29, 1.82) is 5.26 Å². The molecule has 78 valence electrons. The summed E-state index contributed by atoms with van der Waals surface area (Å²) in [5.74, 6) is 0. The number of alkyl halides is 2. The molecule has 0 radical (unpaired) electrons. The van der Waals surface area contributed by atoms with Crippen molar-refractivity contribution in [2.45, 2.75) is 13.0 Å². The topological polar surface area (TPSA) is 79.8 Å². The SMILES string of the molecule is N#Cc1cc(C(F)F)c(CN)c(C=O)n1. The number of nitrogens with two attached hydrogens (primary N) is 1. The maximum absolute atomic E-state index is 12.5. The normalized spacial score (nSPS) is 10.1. The second kappa shape index (κ2) is 4.57. The Kier molecular flexibility index (Phi) is 3.42. The largest absolute Gasteiger partial charge is 0.326 e. The van der Waals surface area contributed by atoms with Crippen molar-refractivity contribution in [3.05, 3.63) is 28.6 Å². The van der Waals surface area contributed by atoms with Gasteiger partial charge in [-0.25, -0.2) is 13.8 Å². The molecule has 0 spiro atoms. The van der Waals surface area contributed by atoms with Gasteiger partial charge in [-0.3, -0.25) is 4.79 Å². The van der Waals surface area contributed by atoms with Crippen LogP contribution >= 0.6 is 0 Å². The summed E-state index contributed by atoms with van der Waals surface area (Å²) in [6.45, 7) is -0.216. The minimum absolute atomic E-state index is 0.0148. The summed E-state index contributed by atoms with van der Waals surface area (Å²) >= 11 is 0. The molecule has 0 aliphatic carbocycles. The Morgan fingerprint density at radius 1 is 1.67 bits per heavy atom. The monoisotopic (exact) mass is 211 g/mol. The maximum atomic E-state index is 12.5. The van der Waals surface area contributed by atoms with Crippen LogP contribution in [0, 0.1) is 11.3 Å². The number of pyridine rings is 1. The van der Waals surface area contributed by atoms with Crippen molar-refractivity contribution in [3.63, 3.8) is 0 Å². The van der Waals surface area contributed by atoms with E-state index in [2.05, 4.69) is 4.98 Å². The lowest BCUT2D eigenvalue weighted by molar-refractivity contribution is 0.111. The number of rotatable bonds is 3. The molecule has 0 unspecified atom stereocenters. The van der Waals surface area contributed by atoms with E-state index < -0.39 is 12.0 Å². The molecule has 15 heavy (non-hydrogen) atoms. The Balaban J connectivity index is 3.47. The standard InChI is InChI=1S/C9H7F2N3O/c10-9(11)6-1-5(2-12)14-8(4-15)7(6)3-13/h1,4,9H,3,13H2. The van der Waals surface area contributed by atoms with Gasteiger partial charge in [0.1, 0.15) is 17.5 Å². The van der Waals surface area contributed by atoms with Crippen LogP contribution in [0.3, 0.4) is 0 Å². The third kappa shape index (κ3) is 2.14. The van der Waals surface area contributed by atoms with E-state index in [4.69, 9.17) is 11.0 Å². The lowest BCUT2D eigenvalue weighted by Gasteiger charge is -2.08. The van der Waals surface area contributed by atoms with E-state index in [1.807, 2.05) is 0 Å². The average molecular weight is 211 g/mol. The zero-order chi connectivity index (χ0) is 11.4. The van der Waals surface area contributed by atoms with E-state index >= 15 is 0 Å². The van der Waals surface area contributed by atoms with Crippen molar-refractivity contribution >= 4 is 6.29 Å². The summed E-state index contributed by atoms with van der Waals surface area (Å²) in [4.78, 5) is 14.1. The van der Waals surface area contributed by atoms with Gasteiger partial charge in [-0.05, 0) is 6.07 Å². The molecule has 0 saturated carbocycles. The Hall–Kier alpha value is -1.87. The molecule has 1 aromatic rings. The molecule has 0 aliphatic rings. The Morgan fingerprint density at radius 3 is 2.73 bits per heavy atom. The highest BCUT2D eigenvalue weighted by molar-refractivity contribution is 5.75. The minimum Gasteiger partial charge on any atom is -0.326 e. The van der Waals surface area contributed by atoms with Crippen LogP contribution in [0.1, 0.15) is 33.7 Å². The zero-order valence-corrected chi connectivity index (χ0v) is 7.58. The van der Waals surface area contributed by atoms with Crippen molar-refractivity contribution in [2.24, 2.45) is 5.73 Å². The smallest absolute Gasteiger partial charge is 0.264 e. The zero-order valence-electron chi connectivity index (χ0n) is 7.58. The lowest BCUT2D eigenvalue weighted by atomic mass is 10.1. The van der Waals surface area contributed by atoms with Gasteiger partial charge in [0.25, 0.3) is 6.43 Å². The molecule has 0 saturated heterocycles. The van der Waals surface area contributed by atoms with Gasteiger partial charge in [-0.2, -0.15) is 5.26 Å². The average Bonchev–Trinajstić information content (AvgIpc) is 2.26. The van der Waals surface area contributed by atoms with Gasteiger partial charge in [0.05, 0.1) is 0 Å². The molecule has 0 aromatic carbocycles. The maximum Gasteiger partial charge on any atom is 0.264 e. The summed E-state index contributed by atoms with van der Waals surface area (Å²) in [7, 11) is 0. The van der Waals surface area contributed by atoms with Crippen LogP contribution in [0.4, 0.5) is 8.78 Å². The quantitative estimate of drug-likeness (QED) is 0.761. The fourth-order valence-corrected chi connectivity index (χ4v) is 1.18. The van der Waals surface area contributed by atoms with Crippen LogP contribution in [0.2, 0.25) is 0 Å². The molecule has 1 rings (SSSR count). The molecule has 2 N–H and O–H groups in total. The molecule has 0 fully saturated rings. The Labute approximate surface area is 84.3 Å². The number of aldehydes is 1. The van der Waals surface area contributed by atoms with E-state index in [0.717, 1.165) is 6.07 Å². The van der Waals surface area contributed by atoms with Crippen molar-refractivity contribution < 1.29 is 13.6 Å². The third-order valence-electron chi connectivity index (χ3n) is 1.86. The van der Waals surface area contributed by atoms with Gasteiger partial charge < -0.3 is 5.73 Å². The van der Waals surface area contributed by atoms with Gasteiger partial charge in [0, 0.05) is 17.7 Å². The summed E-state index contributed by atoms with van der Waals surface area (Å²) < 4.78 is 25.1. The van der Waals surface area contributed by atoms with E-state index in [1.54, 1.807) is 6.07 Å². The highest BCUT2D eigenvalue weighted by Gasteiger charge is 2.17. The van der Waals surface area contributed by atoms with Crippen LogP contribution in [0.25, 0.3) is 0 Å².